The first-order chi connectivity index (χ1) is 25.1. The van der Waals surface area contributed by atoms with Crippen LogP contribution in [-0.4, -0.2) is 42.5 Å². The molecule has 4 nitrogen and oxygen atoms in total. The molecule has 238 valence electrons. The lowest BCUT2D eigenvalue weighted by atomic mass is 9.98. The lowest BCUT2D eigenvalue weighted by Gasteiger charge is -2.40. The molecule has 2 aromatic heterocycles. The van der Waals surface area contributed by atoms with Gasteiger partial charge in [0.15, 0.2) is 8.07 Å². The molecule has 0 unspecified atom stereocenters. The van der Waals surface area contributed by atoms with Gasteiger partial charge in [0.05, 0.1) is 22.1 Å². The molecule has 1 aliphatic rings. The van der Waals surface area contributed by atoms with E-state index in [0.29, 0.717) is 0 Å². The molecule has 9 aromatic rings. The summed E-state index contributed by atoms with van der Waals surface area (Å²) in [5.41, 5.74) is 7.42. The Morgan fingerprint density at radius 1 is 0.529 bits per heavy atom. The molecule has 7 aromatic carbocycles. The molecule has 0 bridgehead atoms. The van der Waals surface area contributed by atoms with Crippen LogP contribution in [0.15, 0.2) is 176 Å². The maximum atomic E-state index is 7.02. The van der Waals surface area contributed by atoms with E-state index in [9.17, 15) is 0 Å². The van der Waals surface area contributed by atoms with Crippen molar-refractivity contribution in [3.63, 3.8) is 0 Å². The second kappa shape index (κ2) is 11.4. The van der Waals surface area contributed by atoms with Crippen molar-refractivity contribution in [1.82, 2.24) is 14.0 Å². The molecule has 7 heteroatoms. The minimum Gasteiger partial charge on any atom is -0.457 e. The van der Waals surface area contributed by atoms with Gasteiger partial charge in [0, 0.05) is 30.8 Å². The van der Waals surface area contributed by atoms with E-state index in [4.69, 9.17) is 9.72 Å². The van der Waals surface area contributed by atoms with Crippen LogP contribution in [0.1, 0.15) is 11.1 Å². The zero-order chi connectivity index (χ0) is 34.2. The highest BCUT2D eigenvalue weighted by atomic mass is 28.3. The topological polar surface area (TPSA) is 31.5 Å². The van der Waals surface area contributed by atoms with E-state index in [-0.39, 0.29) is 0 Å². The Balaban J connectivity index is 1.31. The van der Waals surface area contributed by atoms with Gasteiger partial charge in [-0.1, -0.05) is 133 Å². The third-order valence-electron chi connectivity index (χ3n) is 10.4. The lowest BCUT2D eigenvalue weighted by molar-refractivity contribution is 0.457. The fourth-order valence-corrected chi connectivity index (χ4v) is 13.9. The minimum absolute atomic E-state index is 0.631. The average Bonchev–Trinajstić information content (AvgIpc) is 3.71. The number of benzene rings is 7. The number of imidazole rings is 2. The van der Waals surface area contributed by atoms with Crippen LogP contribution in [0.4, 0.5) is 0 Å². The highest BCUT2D eigenvalue weighted by molar-refractivity contribution is 7.20. The summed E-state index contributed by atoms with van der Waals surface area (Å²) in [5.74, 6) is 2.59. The van der Waals surface area contributed by atoms with E-state index < -0.39 is 12.7 Å². The Morgan fingerprint density at radius 3 is 1.88 bits per heavy atom. The molecule has 10 rings (SSSR count). The predicted molar refractivity (Wildman–Crippen MR) is 212 cm³/mol. The molecule has 0 fully saturated rings. The Bertz CT molecular complexity index is 2730. The molecule has 0 saturated carbocycles. The van der Waals surface area contributed by atoms with Gasteiger partial charge in [-0.05, 0) is 74.3 Å². The van der Waals surface area contributed by atoms with Gasteiger partial charge in [-0.25, -0.2) is 4.98 Å². The average molecular weight is 700 g/mol. The molecule has 0 amide bonds. The number of hydrogen-bond acceptors (Lipinski definition) is 2. The van der Waals surface area contributed by atoms with Crippen LogP contribution in [0.3, 0.4) is 0 Å². The molecular formula is C44H29N3OSi3. The van der Waals surface area contributed by atoms with Crippen LogP contribution >= 0.6 is 0 Å². The van der Waals surface area contributed by atoms with Crippen molar-refractivity contribution >= 4 is 77.2 Å². The molecule has 0 aliphatic carbocycles. The first-order valence-electron chi connectivity index (χ1n) is 17.1. The van der Waals surface area contributed by atoms with Crippen LogP contribution in [0.2, 0.25) is 0 Å². The van der Waals surface area contributed by atoms with Crippen molar-refractivity contribution in [1.29, 1.82) is 0 Å². The molecular weight excluding hydrogens is 671 g/mol. The predicted octanol–water partition coefficient (Wildman–Crippen LogP) is 6.45. The van der Waals surface area contributed by atoms with Gasteiger partial charge in [0.25, 0.3) is 0 Å². The van der Waals surface area contributed by atoms with Gasteiger partial charge < -0.3 is 4.74 Å². The third-order valence-corrected chi connectivity index (χ3v) is 16.2. The van der Waals surface area contributed by atoms with Gasteiger partial charge in [-0.2, -0.15) is 0 Å². The van der Waals surface area contributed by atoms with Crippen molar-refractivity contribution < 1.29 is 4.74 Å². The molecule has 0 saturated heterocycles. The number of nitrogens with zero attached hydrogens (tertiary/aromatic N) is 3. The van der Waals surface area contributed by atoms with Crippen LogP contribution in [0.25, 0.3) is 33.5 Å². The van der Waals surface area contributed by atoms with Crippen molar-refractivity contribution in [3.05, 3.63) is 187 Å². The van der Waals surface area contributed by atoms with Gasteiger partial charge >= 0.3 is 0 Å². The Kier molecular flexibility index (Phi) is 6.73. The summed E-state index contributed by atoms with van der Waals surface area (Å²) in [6.07, 6.45) is 0. The highest BCUT2D eigenvalue weighted by Crippen LogP contribution is 2.44. The second-order valence-electron chi connectivity index (χ2n) is 13.1. The third kappa shape index (κ3) is 4.32. The SMILES string of the molecule is [Si]C1([Si])c2ccccc2Oc2c1cccc2[Si](c1ccccc1)(c1ccccc1)c1cccc(-n2c3ccccc3n3c4ccccc4nc23)c1. The summed E-state index contributed by atoms with van der Waals surface area (Å²) >= 11 is 0. The van der Waals surface area contributed by atoms with E-state index in [1.807, 2.05) is 6.07 Å². The molecule has 0 N–H and O–H groups in total. The molecule has 1 aliphatic heterocycles. The Hall–Kier alpha value is -5.74. The molecule has 6 radical (unpaired) electrons. The smallest absolute Gasteiger partial charge is 0.220 e. The summed E-state index contributed by atoms with van der Waals surface area (Å²) in [4.78, 5) is 5.20. The van der Waals surface area contributed by atoms with E-state index in [1.165, 1.54) is 20.7 Å². The number of aromatic nitrogens is 3. The largest absolute Gasteiger partial charge is 0.457 e. The van der Waals surface area contributed by atoms with Crippen LogP contribution in [0, 0.1) is 0 Å². The number of ether oxygens (including phenoxy) is 1. The molecule has 0 atom stereocenters. The first-order valence-corrected chi connectivity index (χ1v) is 20.1. The zero-order valence-electron chi connectivity index (χ0n) is 27.5. The fourth-order valence-electron chi connectivity index (χ4n) is 8.18. The molecule has 3 heterocycles. The van der Waals surface area contributed by atoms with Crippen LogP contribution in [0.5, 0.6) is 11.5 Å². The first kappa shape index (κ1) is 30.1. The summed E-state index contributed by atoms with van der Waals surface area (Å²) in [6.45, 7) is 0. The van der Waals surface area contributed by atoms with Gasteiger partial charge in [0.1, 0.15) is 11.5 Å². The van der Waals surface area contributed by atoms with Gasteiger partial charge in [-0.15, -0.1) is 0 Å². The van der Waals surface area contributed by atoms with Crippen molar-refractivity contribution in [2.75, 3.05) is 0 Å². The summed E-state index contributed by atoms with van der Waals surface area (Å²) in [6, 6.07) is 62.9. The minimum atomic E-state index is -3.08. The Morgan fingerprint density at radius 2 is 1.12 bits per heavy atom. The Labute approximate surface area is 303 Å². The van der Waals surface area contributed by atoms with E-state index in [0.717, 1.165) is 56.2 Å². The molecule has 0 spiro atoms. The van der Waals surface area contributed by atoms with Crippen molar-refractivity contribution in [2.24, 2.45) is 0 Å². The molecule has 51 heavy (non-hydrogen) atoms. The van der Waals surface area contributed by atoms with Gasteiger partial charge in [-0.3, -0.25) is 8.97 Å². The summed E-state index contributed by atoms with van der Waals surface area (Å²) in [5, 5.41) is 4.96. The maximum absolute atomic E-state index is 7.02. The quantitative estimate of drug-likeness (QED) is 0.153. The second-order valence-corrected chi connectivity index (χ2v) is 18.9. The number of rotatable bonds is 5. The lowest BCUT2D eigenvalue weighted by Crippen LogP contribution is -2.75. The fraction of sp³-hybridized carbons (Fsp3) is 0.0227. The zero-order valence-corrected chi connectivity index (χ0v) is 30.5. The monoisotopic (exact) mass is 699 g/mol. The highest BCUT2D eigenvalue weighted by Gasteiger charge is 2.46. The van der Waals surface area contributed by atoms with E-state index in [1.54, 1.807) is 0 Å². The summed E-state index contributed by atoms with van der Waals surface area (Å²) in [7, 11) is 5.24. The number of hydrogen-bond donors (Lipinski definition) is 0. The van der Waals surface area contributed by atoms with E-state index >= 15 is 0 Å². The van der Waals surface area contributed by atoms with Crippen LogP contribution < -0.4 is 25.5 Å². The number of para-hydroxylation sites is 6. The number of fused-ring (bicyclic) bond motifs is 7. The van der Waals surface area contributed by atoms with Gasteiger partial charge in [0.2, 0.25) is 5.78 Å². The van der Waals surface area contributed by atoms with Crippen LogP contribution in [-0.2, 0) is 4.66 Å². The van der Waals surface area contributed by atoms with Crippen molar-refractivity contribution in [2.45, 2.75) is 4.66 Å². The maximum Gasteiger partial charge on any atom is 0.220 e. The van der Waals surface area contributed by atoms with Crippen molar-refractivity contribution in [3.8, 4) is 17.2 Å². The van der Waals surface area contributed by atoms with E-state index in [2.05, 4.69) is 199 Å². The standard InChI is InChI=1S/C44H29N3OSi3/c49-44(50)34-21-7-12-27-40(34)48-42-35(44)22-14-28-41(42)51(31-16-3-1-4-17-31,32-18-5-2-6-19-32)33-20-13-15-30(29-33)46-38-25-10-11-26-39(38)47-37-24-9-8-23-36(37)45-43(46)47/h1-29H. The normalized spacial score (nSPS) is 13.6. The summed E-state index contributed by atoms with van der Waals surface area (Å²) < 4.78 is 11.0.